The van der Waals surface area contributed by atoms with Crippen molar-refractivity contribution >= 4 is 17.7 Å². The summed E-state index contributed by atoms with van der Waals surface area (Å²) < 4.78 is 23.1. The summed E-state index contributed by atoms with van der Waals surface area (Å²) in [6, 6.07) is 1.51. The van der Waals surface area contributed by atoms with Crippen molar-refractivity contribution in [2.75, 3.05) is 13.7 Å². The molecular formula is C30H41NO7. The normalized spacial score (nSPS) is 29.8. The van der Waals surface area contributed by atoms with Gasteiger partial charge in [0.1, 0.15) is 6.10 Å². The van der Waals surface area contributed by atoms with Gasteiger partial charge in [-0.2, -0.15) is 0 Å². The molecule has 0 N–H and O–H groups in total. The number of pyridine rings is 1. The topological polar surface area (TPSA) is 101 Å². The van der Waals surface area contributed by atoms with Crippen LogP contribution in [0.1, 0.15) is 89.0 Å². The molecule has 0 aliphatic heterocycles. The molecule has 0 saturated heterocycles. The second-order valence-electron chi connectivity index (χ2n) is 12.4. The minimum atomic E-state index is -0.691. The van der Waals surface area contributed by atoms with Crippen molar-refractivity contribution in [3.05, 3.63) is 18.0 Å². The van der Waals surface area contributed by atoms with Gasteiger partial charge in [-0.3, -0.25) is 14.4 Å². The predicted molar refractivity (Wildman–Crippen MR) is 139 cm³/mol. The van der Waals surface area contributed by atoms with E-state index >= 15 is 0 Å². The van der Waals surface area contributed by atoms with E-state index in [1.54, 1.807) is 6.92 Å². The molecule has 0 unspecified atom stereocenters. The Morgan fingerprint density at radius 2 is 1.68 bits per heavy atom. The summed E-state index contributed by atoms with van der Waals surface area (Å²) in [4.78, 5) is 42.1. The summed E-state index contributed by atoms with van der Waals surface area (Å²) in [7, 11) is 1.42. The lowest BCUT2D eigenvalue weighted by molar-refractivity contribution is -0.193. The number of carbonyl (C=O) groups is 3. The van der Waals surface area contributed by atoms with Gasteiger partial charge >= 0.3 is 11.9 Å². The number of ketones is 1. The standard InChI is InChI=1S/C30H41NO7/c1-17(9-24(33)26-27(38-19(3)32)25(35-4)7-8-31-26)29(34)37-18(2)28(36-16-20-5-6-20)30-13-21-10-22(14-30)12-23(11-21)15-30/h7-8,17-18,20-23,28H,5-6,9-16H2,1-4H3/t17-,18+,21?,22?,23?,28+,30?/m1/s1. The zero-order valence-corrected chi connectivity index (χ0v) is 23.1. The fraction of sp³-hybridized carbons (Fsp3) is 0.733. The molecule has 6 rings (SSSR count). The number of aromatic nitrogens is 1. The van der Waals surface area contributed by atoms with Gasteiger partial charge in [0.15, 0.2) is 17.2 Å². The smallest absolute Gasteiger partial charge is 0.309 e. The Labute approximate surface area is 225 Å². The van der Waals surface area contributed by atoms with Crippen LogP contribution in [0, 0.1) is 35.0 Å². The van der Waals surface area contributed by atoms with Gasteiger partial charge in [0.2, 0.25) is 5.75 Å². The summed E-state index contributed by atoms with van der Waals surface area (Å²) in [5.74, 6) is 1.03. The molecule has 1 aromatic rings. The van der Waals surface area contributed by atoms with Crippen molar-refractivity contribution < 1.29 is 33.3 Å². The van der Waals surface area contributed by atoms with Crippen LogP contribution in [0.25, 0.3) is 0 Å². The maximum Gasteiger partial charge on any atom is 0.309 e. The quantitative estimate of drug-likeness (QED) is 0.271. The zero-order valence-electron chi connectivity index (χ0n) is 23.1. The van der Waals surface area contributed by atoms with Gasteiger partial charge in [0.25, 0.3) is 0 Å². The first-order chi connectivity index (χ1) is 18.2. The lowest BCUT2D eigenvalue weighted by Gasteiger charge is -2.59. The number of ether oxygens (including phenoxy) is 4. The monoisotopic (exact) mass is 527 g/mol. The molecule has 208 valence electrons. The van der Waals surface area contributed by atoms with E-state index in [9.17, 15) is 14.4 Å². The number of carbonyl (C=O) groups excluding carboxylic acids is 3. The van der Waals surface area contributed by atoms with E-state index in [1.807, 2.05) is 6.92 Å². The third-order valence-corrected chi connectivity index (χ3v) is 9.12. The highest BCUT2D eigenvalue weighted by atomic mass is 16.6. The van der Waals surface area contributed by atoms with Gasteiger partial charge in [0.05, 0.1) is 19.1 Å². The van der Waals surface area contributed by atoms with Gasteiger partial charge in [0, 0.05) is 37.6 Å². The first-order valence-corrected chi connectivity index (χ1v) is 14.2. The van der Waals surface area contributed by atoms with Crippen LogP contribution >= 0.6 is 0 Å². The van der Waals surface area contributed by atoms with E-state index in [0.717, 1.165) is 24.4 Å². The van der Waals surface area contributed by atoms with Crippen LogP contribution < -0.4 is 9.47 Å². The van der Waals surface area contributed by atoms with E-state index in [4.69, 9.17) is 18.9 Å². The minimum Gasteiger partial charge on any atom is -0.493 e. The van der Waals surface area contributed by atoms with Crippen LogP contribution in [0.2, 0.25) is 0 Å². The molecule has 1 aromatic heterocycles. The molecular weight excluding hydrogens is 486 g/mol. The molecule has 0 radical (unpaired) electrons. The van der Waals surface area contributed by atoms with Gasteiger partial charge in [-0.05, 0) is 82.0 Å². The maximum absolute atomic E-state index is 13.2. The first kappa shape index (κ1) is 27.1. The predicted octanol–water partition coefficient (Wildman–Crippen LogP) is 5.17. The molecule has 8 heteroatoms. The number of esters is 2. The Morgan fingerprint density at radius 1 is 1.05 bits per heavy atom. The largest absolute Gasteiger partial charge is 0.493 e. The Kier molecular flexibility index (Phi) is 7.81. The fourth-order valence-electron chi connectivity index (χ4n) is 7.71. The van der Waals surface area contributed by atoms with Crippen LogP contribution in [0.15, 0.2) is 12.3 Å². The molecule has 3 atom stereocenters. The molecule has 5 aliphatic carbocycles. The molecule has 4 bridgehead atoms. The zero-order chi connectivity index (χ0) is 27.0. The average Bonchev–Trinajstić information content (AvgIpc) is 3.67. The molecule has 5 aliphatic rings. The SMILES string of the molecule is COc1ccnc(C(=O)C[C@@H](C)C(=O)O[C@@H](C)[C@H](OCC2CC2)C23CC4CC(CC(C4)C2)C3)c1OC(C)=O. The van der Waals surface area contributed by atoms with Crippen molar-refractivity contribution in [3.63, 3.8) is 0 Å². The van der Waals surface area contributed by atoms with Crippen LogP contribution in [0.5, 0.6) is 11.5 Å². The summed E-state index contributed by atoms with van der Waals surface area (Å²) in [6.07, 6.45) is 10.8. The number of rotatable bonds is 12. The molecule has 8 nitrogen and oxygen atoms in total. The van der Waals surface area contributed by atoms with Crippen LogP contribution in [0.3, 0.4) is 0 Å². The lowest BCUT2D eigenvalue weighted by Crippen LogP contribution is -2.56. The fourth-order valence-corrected chi connectivity index (χ4v) is 7.71. The van der Waals surface area contributed by atoms with Gasteiger partial charge in [-0.25, -0.2) is 4.98 Å². The maximum atomic E-state index is 13.2. The Hall–Kier alpha value is -2.48. The van der Waals surface area contributed by atoms with E-state index in [0.29, 0.717) is 5.92 Å². The Balaban J connectivity index is 1.26. The average molecular weight is 528 g/mol. The summed E-state index contributed by atoms with van der Waals surface area (Å²) in [5, 5.41) is 0. The Bertz CT molecular complexity index is 1030. The Morgan fingerprint density at radius 3 is 2.24 bits per heavy atom. The second-order valence-corrected chi connectivity index (χ2v) is 12.4. The number of nitrogens with zero attached hydrogens (tertiary/aromatic N) is 1. The van der Waals surface area contributed by atoms with E-state index in [2.05, 4.69) is 4.98 Å². The first-order valence-electron chi connectivity index (χ1n) is 14.2. The summed E-state index contributed by atoms with van der Waals surface area (Å²) >= 11 is 0. The minimum absolute atomic E-state index is 0.0307. The number of hydrogen-bond acceptors (Lipinski definition) is 8. The molecule has 0 aromatic carbocycles. The highest BCUT2D eigenvalue weighted by Crippen LogP contribution is 2.62. The second kappa shape index (κ2) is 10.9. The van der Waals surface area contributed by atoms with E-state index in [1.165, 1.54) is 77.7 Å². The van der Waals surface area contributed by atoms with Crippen molar-refractivity contribution in [1.29, 1.82) is 0 Å². The molecule has 5 fully saturated rings. The van der Waals surface area contributed by atoms with E-state index < -0.39 is 23.6 Å². The number of methoxy groups -OCH3 is 1. The van der Waals surface area contributed by atoms with Crippen molar-refractivity contribution in [2.45, 2.75) is 90.8 Å². The van der Waals surface area contributed by atoms with Gasteiger partial charge in [-0.1, -0.05) is 6.92 Å². The van der Waals surface area contributed by atoms with Crippen LogP contribution in [-0.2, 0) is 19.1 Å². The molecule has 0 spiro atoms. The molecule has 5 saturated carbocycles. The van der Waals surface area contributed by atoms with Crippen LogP contribution in [0.4, 0.5) is 0 Å². The lowest BCUT2D eigenvalue weighted by atomic mass is 9.47. The van der Waals surface area contributed by atoms with Crippen molar-refractivity contribution in [1.82, 2.24) is 4.98 Å². The summed E-state index contributed by atoms with van der Waals surface area (Å²) in [6.45, 7) is 5.63. The highest BCUT2D eigenvalue weighted by Gasteiger charge is 2.56. The van der Waals surface area contributed by atoms with Crippen molar-refractivity contribution in [3.8, 4) is 11.5 Å². The third kappa shape index (κ3) is 5.75. The molecule has 38 heavy (non-hydrogen) atoms. The van der Waals surface area contributed by atoms with Gasteiger partial charge < -0.3 is 18.9 Å². The number of Topliss-reactive ketones (excluding diaryl/α,β-unsaturated/α-hetero) is 1. The highest BCUT2D eigenvalue weighted by molar-refractivity contribution is 5.99. The number of hydrogen-bond donors (Lipinski definition) is 0. The molecule has 0 amide bonds. The van der Waals surface area contributed by atoms with E-state index in [-0.39, 0.29) is 41.2 Å². The molecule has 1 heterocycles. The summed E-state index contributed by atoms with van der Waals surface area (Å²) in [5.41, 5.74) is 0.0534. The van der Waals surface area contributed by atoms with Crippen LogP contribution in [-0.4, -0.2) is 48.6 Å². The van der Waals surface area contributed by atoms with Crippen molar-refractivity contribution in [2.24, 2.45) is 35.0 Å². The van der Waals surface area contributed by atoms with Gasteiger partial charge in [-0.15, -0.1) is 0 Å². The third-order valence-electron chi connectivity index (χ3n) is 9.12.